The molecule has 2 atom stereocenters. The number of nitrogens with two attached hydrogens (primary N) is 1. The summed E-state index contributed by atoms with van der Waals surface area (Å²) in [6.45, 7) is 0. The first-order chi connectivity index (χ1) is 17.8. The van der Waals surface area contributed by atoms with Crippen LogP contribution in [0.4, 0.5) is 0 Å². The third kappa shape index (κ3) is 3.66. The summed E-state index contributed by atoms with van der Waals surface area (Å²) in [7, 11) is 0. The molecule has 0 saturated carbocycles. The fourth-order valence-electron chi connectivity index (χ4n) is 4.87. The quantitative estimate of drug-likeness (QED) is 0.285. The first kappa shape index (κ1) is 22.6. The van der Waals surface area contributed by atoms with Crippen molar-refractivity contribution in [3.63, 3.8) is 0 Å². The molecule has 0 radical (unpaired) electrons. The van der Waals surface area contributed by atoms with Crippen molar-refractivity contribution in [1.82, 2.24) is 0 Å². The van der Waals surface area contributed by atoms with Gasteiger partial charge in [0.2, 0.25) is 0 Å². The third-order valence-corrected chi connectivity index (χ3v) is 6.58. The van der Waals surface area contributed by atoms with Crippen LogP contribution in [0.3, 0.4) is 0 Å². The van der Waals surface area contributed by atoms with E-state index in [0.29, 0.717) is 33.8 Å². The Morgan fingerprint density at radius 3 is 2.32 bits per heavy atom. The maximum atomic E-state index is 12.9. The van der Waals surface area contributed by atoms with E-state index in [9.17, 15) is 19.8 Å². The molecule has 0 bridgehead atoms. The minimum atomic E-state index is -1.29. The molecule has 0 aliphatic carbocycles. The number of hydrogen-bond acceptors (Lipinski definition) is 8. The summed E-state index contributed by atoms with van der Waals surface area (Å²) in [6.07, 6.45) is 0.225. The van der Waals surface area contributed by atoms with E-state index in [1.54, 1.807) is 42.5 Å². The molecule has 4 aromatic carbocycles. The molecule has 0 saturated heterocycles. The predicted molar refractivity (Wildman–Crippen MR) is 132 cm³/mol. The molecule has 8 heteroatoms. The second-order valence-electron chi connectivity index (χ2n) is 8.95. The molecule has 37 heavy (non-hydrogen) atoms. The van der Waals surface area contributed by atoms with E-state index in [0.717, 1.165) is 5.56 Å². The van der Waals surface area contributed by atoms with Crippen molar-refractivity contribution in [3.8, 4) is 28.7 Å². The Bertz CT molecular complexity index is 1560. The van der Waals surface area contributed by atoms with Crippen molar-refractivity contribution in [2.75, 3.05) is 0 Å². The van der Waals surface area contributed by atoms with Crippen LogP contribution in [0.1, 0.15) is 32.6 Å². The molecule has 8 nitrogen and oxygen atoms in total. The van der Waals surface area contributed by atoms with E-state index in [1.807, 2.05) is 12.1 Å². The summed E-state index contributed by atoms with van der Waals surface area (Å²) in [4.78, 5) is 25.6. The van der Waals surface area contributed by atoms with E-state index >= 15 is 0 Å². The average Bonchev–Trinajstić information content (AvgIpc) is 3.18. The van der Waals surface area contributed by atoms with Crippen LogP contribution in [0.5, 0.6) is 28.7 Å². The number of phenolic OH excluding ortho intramolecular Hbond substituents is 2. The van der Waals surface area contributed by atoms with Gasteiger partial charge in [0.25, 0.3) is 0 Å². The molecule has 1 unspecified atom stereocenters. The first-order valence-corrected chi connectivity index (χ1v) is 11.6. The molecule has 2 aliphatic rings. The summed E-state index contributed by atoms with van der Waals surface area (Å²) in [5, 5.41) is 19.5. The summed E-state index contributed by atoms with van der Waals surface area (Å²) in [6, 6.07) is 22.0. The first-order valence-electron chi connectivity index (χ1n) is 11.6. The molecule has 2 aliphatic heterocycles. The molecule has 4 aromatic rings. The lowest BCUT2D eigenvalue weighted by Crippen LogP contribution is -2.36. The Morgan fingerprint density at radius 2 is 1.54 bits per heavy atom. The monoisotopic (exact) mass is 495 g/mol. The van der Waals surface area contributed by atoms with Gasteiger partial charge in [0.05, 0.1) is 5.56 Å². The van der Waals surface area contributed by atoms with E-state index < -0.39 is 23.6 Å². The number of aromatic hydroxyl groups is 2. The molecule has 0 fully saturated rings. The molecule has 184 valence electrons. The zero-order valence-corrected chi connectivity index (χ0v) is 19.4. The van der Waals surface area contributed by atoms with Crippen LogP contribution < -0.4 is 15.2 Å². The van der Waals surface area contributed by atoms with Gasteiger partial charge < -0.3 is 30.2 Å². The molecular formula is C29H21NO7. The fourth-order valence-corrected chi connectivity index (χ4v) is 4.87. The van der Waals surface area contributed by atoms with Crippen molar-refractivity contribution < 1.29 is 34.0 Å². The van der Waals surface area contributed by atoms with Crippen LogP contribution in [0, 0.1) is 0 Å². The van der Waals surface area contributed by atoms with Gasteiger partial charge in [-0.05, 0) is 54.4 Å². The summed E-state index contributed by atoms with van der Waals surface area (Å²) >= 11 is 0. The standard InChI is InChI=1S/C29H21NO7/c30-24(13-16-5-7-17(31)8-6-16)28(34)35-19-10-12-23-26(15-19)36-25-14-18(32)9-11-22(25)29(23)21-4-2-1-3-20(21)27(33)37-29/h1-12,14-15,24,31-32H,13,30H2/t24-,29?/m0/s1. The molecule has 2 heterocycles. The maximum absolute atomic E-state index is 12.9. The minimum absolute atomic E-state index is 0.0160. The Kier molecular flexibility index (Phi) is 5.13. The predicted octanol–water partition coefficient (Wildman–Crippen LogP) is 4.14. The second-order valence-corrected chi connectivity index (χ2v) is 8.95. The molecule has 1 spiro atoms. The summed E-state index contributed by atoms with van der Waals surface area (Å²) < 4.78 is 17.7. The molecule has 0 amide bonds. The van der Waals surface area contributed by atoms with Gasteiger partial charge in [0.1, 0.15) is 34.8 Å². The smallest absolute Gasteiger partial charge is 0.340 e. The molecule has 6 rings (SSSR count). The van der Waals surface area contributed by atoms with E-state index in [2.05, 4.69) is 0 Å². The maximum Gasteiger partial charge on any atom is 0.340 e. The van der Waals surface area contributed by atoms with E-state index in [1.165, 1.54) is 30.3 Å². The highest BCUT2D eigenvalue weighted by molar-refractivity contribution is 5.97. The zero-order chi connectivity index (χ0) is 25.7. The van der Waals surface area contributed by atoms with Crippen LogP contribution in [-0.4, -0.2) is 28.2 Å². The van der Waals surface area contributed by atoms with Crippen molar-refractivity contribution >= 4 is 11.9 Å². The highest BCUT2D eigenvalue weighted by Crippen LogP contribution is 2.56. The Morgan fingerprint density at radius 1 is 0.865 bits per heavy atom. The van der Waals surface area contributed by atoms with Crippen molar-refractivity contribution in [2.45, 2.75) is 18.1 Å². The number of carbonyl (C=O) groups is 2. The third-order valence-electron chi connectivity index (χ3n) is 6.58. The van der Waals surface area contributed by atoms with Crippen LogP contribution in [0.15, 0.2) is 84.9 Å². The van der Waals surface area contributed by atoms with Crippen LogP contribution >= 0.6 is 0 Å². The van der Waals surface area contributed by atoms with Crippen LogP contribution in [-0.2, 0) is 21.6 Å². The zero-order valence-electron chi connectivity index (χ0n) is 19.4. The number of phenols is 2. The molecular weight excluding hydrogens is 474 g/mol. The lowest BCUT2D eigenvalue weighted by atomic mass is 9.77. The van der Waals surface area contributed by atoms with Crippen molar-refractivity contribution in [2.24, 2.45) is 5.73 Å². The topological polar surface area (TPSA) is 128 Å². The lowest BCUT2D eigenvalue weighted by Gasteiger charge is -2.36. The number of benzene rings is 4. The Hall–Kier alpha value is -4.82. The molecule has 4 N–H and O–H groups in total. The number of hydrogen-bond donors (Lipinski definition) is 3. The summed E-state index contributed by atoms with van der Waals surface area (Å²) in [5.41, 5.74) is 7.75. The minimum Gasteiger partial charge on any atom is -0.508 e. The van der Waals surface area contributed by atoms with Crippen molar-refractivity contribution in [1.29, 1.82) is 0 Å². The Balaban J connectivity index is 1.36. The van der Waals surface area contributed by atoms with Crippen LogP contribution in [0.25, 0.3) is 0 Å². The average molecular weight is 495 g/mol. The van der Waals surface area contributed by atoms with Gasteiger partial charge in [0.15, 0.2) is 5.60 Å². The van der Waals surface area contributed by atoms with Gasteiger partial charge in [-0.15, -0.1) is 0 Å². The summed E-state index contributed by atoms with van der Waals surface area (Å²) in [5.74, 6) is -0.201. The fraction of sp³-hybridized carbons (Fsp3) is 0.103. The van der Waals surface area contributed by atoms with E-state index in [-0.39, 0.29) is 23.7 Å². The van der Waals surface area contributed by atoms with Gasteiger partial charge >= 0.3 is 11.9 Å². The van der Waals surface area contributed by atoms with Gasteiger partial charge in [-0.2, -0.15) is 0 Å². The number of esters is 2. The lowest BCUT2D eigenvalue weighted by molar-refractivity contribution is -0.135. The van der Waals surface area contributed by atoms with Crippen molar-refractivity contribution in [3.05, 3.63) is 113 Å². The van der Waals surface area contributed by atoms with Gasteiger partial charge in [0, 0.05) is 28.8 Å². The SMILES string of the molecule is N[C@@H](Cc1ccc(O)cc1)C(=O)Oc1ccc2c(c1)Oc1cc(O)ccc1C21OC(=O)c2ccccc21. The highest BCUT2D eigenvalue weighted by Gasteiger charge is 2.53. The van der Waals surface area contributed by atoms with Crippen LogP contribution in [0.2, 0.25) is 0 Å². The largest absolute Gasteiger partial charge is 0.508 e. The number of ether oxygens (including phenoxy) is 3. The van der Waals surface area contributed by atoms with Gasteiger partial charge in [-0.25, -0.2) is 9.59 Å². The Labute approximate surface area is 211 Å². The van der Waals surface area contributed by atoms with Gasteiger partial charge in [-0.1, -0.05) is 30.3 Å². The number of carbonyl (C=O) groups excluding carboxylic acids is 2. The number of fused-ring (bicyclic) bond motifs is 6. The highest BCUT2D eigenvalue weighted by atomic mass is 16.6. The molecule has 0 aromatic heterocycles. The normalized spacial score (nSPS) is 17.7. The van der Waals surface area contributed by atoms with E-state index in [4.69, 9.17) is 19.9 Å². The number of rotatable bonds is 4. The second kappa shape index (κ2) is 8.39. The van der Waals surface area contributed by atoms with Gasteiger partial charge in [-0.3, -0.25) is 0 Å².